The van der Waals surface area contributed by atoms with Crippen LogP contribution in [0.1, 0.15) is 39.0 Å². The highest BCUT2D eigenvalue weighted by atomic mass is 16.3. The van der Waals surface area contributed by atoms with E-state index in [-0.39, 0.29) is 24.1 Å². The van der Waals surface area contributed by atoms with Crippen molar-refractivity contribution in [1.82, 2.24) is 10.6 Å². The van der Waals surface area contributed by atoms with Gasteiger partial charge < -0.3 is 15.7 Å². The molecular weight excluding hydrogens is 192 g/mol. The first kappa shape index (κ1) is 12.5. The van der Waals surface area contributed by atoms with Crippen LogP contribution in [0.25, 0.3) is 0 Å². The van der Waals surface area contributed by atoms with Crippen molar-refractivity contribution >= 4 is 5.91 Å². The monoisotopic (exact) mass is 214 g/mol. The second-order valence-corrected chi connectivity index (χ2v) is 4.31. The van der Waals surface area contributed by atoms with Gasteiger partial charge in [0.05, 0.1) is 12.1 Å². The summed E-state index contributed by atoms with van der Waals surface area (Å²) in [5.74, 6) is -0.0218. The van der Waals surface area contributed by atoms with Gasteiger partial charge in [0, 0.05) is 13.1 Å². The Morgan fingerprint density at radius 3 is 2.67 bits per heavy atom. The van der Waals surface area contributed by atoms with Crippen LogP contribution in [0, 0.1) is 0 Å². The number of amides is 1. The fourth-order valence-electron chi connectivity index (χ4n) is 2.10. The minimum Gasteiger partial charge on any atom is -0.392 e. The Hall–Kier alpha value is -0.610. The van der Waals surface area contributed by atoms with Gasteiger partial charge in [-0.15, -0.1) is 0 Å². The van der Waals surface area contributed by atoms with E-state index in [4.69, 9.17) is 0 Å². The zero-order chi connectivity index (χ0) is 11.3. The van der Waals surface area contributed by atoms with E-state index in [0.717, 1.165) is 25.7 Å². The summed E-state index contributed by atoms with van der Waals surface area (Å²) >= 11 is 0. The van der Waals surface area contributed by atoms with Gasteiger partial charge in [0.2, 0.25) is 5.91 Å². The van der Waals surface area contributed by atoms with Gasteiger partial charge in [-0.3, -0.25) is 4.79 Å². The molecule has 1 saturated carbocycles. The largest absolute Gasteiger partial charge is 0.392 e. The summed E-state index contributed by atoms with van der Waals surface area (Å²) in [7, 11) is 1.63. The number of carbonyl (C=O) groups is 1. The van der Waals surface area contributed by atoms with Crippen LogP contribution < -0.4 is 10.6 Å². The van der Waals surface area contributed by atoms with E-state index in [1.165, 1.54) is 6.42 Å². The average Bonchev–Trinajstić information content (AvgIpc) is 2.43. The fourth-order valence-corrected chi connectivity index (χ4v) is 2.10. The molecule has 1 rings (SSSR count). The van der Waals surface area contributed by atoms with Gasteiger partial charge in [-0.25, -0.2) is 0 Å². The Labute approximate surface area is 91.4 Å². The van der Waals surface area contributed by atoms with E-state index in [0.29, 0.717) is 0 Å². The summed E-state index contributed by atoms with van der Waals surface area (Å²) in [5.41, 5.74) is 0. The van der Waals surface area contributed by atoms with Crippen molar-refractivity contribution in [2.24, 2.45) is 0 Å². The second-order valence-electron chi connectivity index (χ2n) is 4.31. The third-order valence-electron chi connectivity index (χ3n) is 3.08. The quantitative estimate of drug-likeness (QED) is 0.596. The topological polar surface area (TPSA) is 61.4 Å². The number of aliphatic hydroxyl groups excluding tert-OH is 1. The molecule has 3 atom stereocenters. The highest BCUT2D eigenvalue weighted by Crippen LogP contribution is 2.18. The number of aliphatic hydroxyl groups is 1. The van der Waals surface area contributed by atoms with Gasteiger partial charge in [-0.2, -0.15) is 0 Å². The lowest BCUT2D eigenvalue weighted by atomic mass is 10.1. The van der Waals surface area contributed by atoms with Gasteiger partial charge in [-0.05, 0) is 19.8 Å². The van der Waals surface area contributed by atoms with E-state index in [1.807, 2.05) is 6.92 Å². The first-order valence-corrected chi connectivity index (χ1v) is 5.81. The predicted molar refractivity (Wildman–Crippen MR) is 59.5 cm³/mol. The molecule has 0 aromatic rings. The Kier molecular flexibility index (Phi) is 5.05. The van der Waals surface area contributed by atoms with Crippen molar-refractivity contribution < 1.29 is 9.90 Å². The molecule has 3 unspecified atom stereocenters. The summed E-state index contributed by atoms with van der Waals surface area (Å²) < 4.78 is 0. The van der Waals surface area contributed by atoms with Crippen molar-refractivity contribution in [3.05, 3.63) is 0 Å². The van der Waals surface area contributed by atoms with Gasteiger partial charge in [0.1, 0.15) is 0 Å². The van der Waals surface area contributed by atoms with Crippen LogP contribution in [-0.4, -0.2) is 36.2 Å². The molecule has 1 aliphatic rings. The molecule has 4 nitrogen and oxygen atoms in total. The predicted octanol–water partition coefficient (Wildman–Crippen LogP) is 0.404. The molecule has 0 aliphatic heterocycles. The van der Waals surface area contributed by atoms with Crippen LogP contribution in [0.2, 0.25) is 0 Å². The number of likely N-dealkylation sites (N-methyl/N-ethyl adjacent to an activating group) is 1. The zero-order valence-electron chi connectivity index (χ0n) is 9.62. The molecule has 88 valence electrons. The van der Waals surface area contributed by atoms with Crippen LogP contribution in [0.5, 0.6) is 0 Å². The van der Waals surface area contributed by atoms with Crippen LogP contribution in [0.15, 0.2) is 0 Å². The minimum absolute atomic E-state index is 0.0218. The van der Waals surface area contributed by atoms with E-state index in [9.17, 15) is 9.90 Å². The third-order valence-corrected chi connectivity index (χ3v) is 3.08. The van der Waals surface area contributed by atoms with Gasteiger partial charge in [0.15, 0.2) is 0 Å². The van der Waals surface area contributed by atoms with Crippen LogP contribution in [0.4, 0.5) is 0 Å². The number of nitrogens with one attached hydrogen (secondary N) is 2. The molecule has 15 heavy (non-hydrogen) atoms. The maximum absolute atomic E-state index is 11.3. The Bertz CT molecular complexity index is 209. The van der Waals surface area contributed by atoms with Crippen molar-refractivity contribution in [1.29, 1.82) is 0 Å². The van der Waals surface area contributed by atoms with E-state index >= 15 is 0 Å². The lowest BCUT2D eigenvalue weighted by Gasteiger charge is -2.25. The molecular formula is C11H22N2O2. The molecule has 0 aromatic carbocycles. The SMILES string of the molecule is CNC(=O)C(C)NC1CCCCCC1O. The van der Waals surface area contributed by atoms with Crippen LogP contribution >= 0.6 is 0 Å². The van der Waals surface area contributed by atoms with E-state index in [2.05, 4.69) is 10.6 Å². The molecule has 3 N–H and O–H groups in total. The summed E-state index contributed by atoms with van der Waals surface area (Å²) in [5, 5.41) is 15.7. The van der Waals surface area contributed by atoms with Gasteiger partial charge in [0.25, 0.3) is 0 Å². The maximum atomic E-state index is 11.3. The van der Waals surface area contributed by atoms with Crippen molar-refractivity contribution in [2.75, 3.05) is 7.05 Å². The fraction of sp³-hybridized carbons (Fsp3) is 0.909. The first-order valence-electron chi connectivity index (χ1n) is 5.81. The average molecular weight is 214 g/mol. The smallest absolute Gasteiger partial charge is 0.236 e. The molecule has 1 aliphatic carbocycles. The Balaban J connectivity index is 2.43. The zero-order valence-corrected chi connectivity index (χ0v) is 9.62. The lowest BCUT2D eigenvalue weighted by Crippen LogP contribution is -2.49. The van der Waals surface area contributed by atoms with E-state index < -0.39 is 0 Å². The highest BCUT2D eigenvalue weighted by Gasteiger charge is 2.24. The first-order chi connectivity index (χ1) is 7.15. The lowest BCUT2D eigenvalue weighted by molar-refractivity contribution is -0.122. The normalized spacial score (nSPS) is 29.3. The van der Waals surface area contributed by atoms with Gasteiger partial charge >= 0.3 is 0 Å². The Morgan fingerprint density at radius 2 is 2.00 bits per heavy atom. The molecule has 0 spiro atoms. The second kappa shape index (κ2) is 6.08. The number of hydrogen-bond acceptors (Lipinski definition) is 3. The molecule has 1 amide bonds. The van der Waals surface area contributed by atoms with Crippen LogP contribution in [0.3, 0.4) is 0 Å². The van der Waals surface area contributed by atoms with Crippen LogP contribution in [-0.2, 0) is 4.79 Å². The number of rotatable bonds is 3. The molecule has 1 fully saturated rings. The highest BCUT2D eigenvalue weighted by molar-refractivity contribution is 5.80. The summed E-state index contributed by atoms with van der Waals surface area (Å²) in [6.07, 6.45) is 4.91. The minimum atomic E-state index is -0.306. The molecule has 0 saturated heterocycles. The molecule has 0 radical (unpaired) electrons. The maximum Gasteiger partial charge on any atom is 0.236 e. The van der Waals surface area contributed by atoms with Crippen molar-refractivity contribution in [3.8, 4) is 0 Å². The number of carbonyl (C=O) groups excluding carboxylic acids is 1. The molecule has 4 heteroatoms. The standard InChI is InChI=1S/C11H22N2O2/c1-8(11(15)12-2)13-9-6-4-3-5-7-10(9)14/h8-10,13-14H,3-7H2,1-2H3,(H,12,15). The molecule has 0 aromatic heterocycles. The van der Waals surface area contributed by atoms with Crippen molar-refractivity contribution in [2.45, 2.75) is 57.2 Å². The summed E-state index contributed by atoms with van der Waals surface area (Å²) in [6, 6.07) is -0.160. The third kappa shape index (κ3) is 3.80. The Morgan fingerprint density at radius 1 is 1.33 bits per heavy atom. The van der Waals surface area contributed by atoms with E-state index in [1.54, 1.807) is 7.05 Å². The van der Waals surface area contributed by atoms with Gasteiger partial charge in [-0.1, -0.05) is 19.3 Å². The molecule has 0 heterocycles. The summed E-state index contributed by atoms with van der Waals surface area (Å²) in [4.78, 5) is 11.3. The number of hydrogen-bond donors (Lipinski definition) is 3. The van der Waals surface area contributed by atoms with Crippen molar-refractivity contribution in [3.63, 3.8) is 0 Å². The summed E-state index contributed by atoms with van der Waals surface area (Å²) in [6.45, 7) is 1.83. The molecule has 0 bridgehead atoms.